The number of anilines is 1. The summed E-state index contributed by atoms with van der Waals surface area (Å²) in [5.74, 6) is -0.386. The molecule has 0 aliphatic rings. The number of rotatable bonds is 3. The van der Waals surface area contributed by atoms with Gasteiger partial charge in [0.1, 0.15) is 6.20 Å². The van der Waals surface area contributed by atoms with Crippen molar-refractivity contribution in [1.29, 1.82) is 0 Å². The Bertz CT molecular complexity index is 659. The first kappa shape index (κ1) is 14.1. The number of halogens is 2. The van der Waals surface area contributed by atoms with E-state index in [0.29, 0.717) is 10.0 Å². The maximum absolute atomic E-state index is 12.0. The van der Waals surface area contributed by atoms with Crippen LogP contribution in [0.25, 0.3) is 0 Å². The molecule has 0 unspecified atom stereocenters. The second-order valence-electron chi connectivity index (χ2n) is 3.34. The molecule has 1 aromatic heterocycles. The van der Waals surface area contributed by atoms with Crippen LogP contribution in [0, 0.1) is 10.1 Å². The lowest BCUT2D eigenvalue weighted by Gasteiger charge is -2.04. The topological polar surface area (TPSA) is 85.1 Å². The second-order valence-corrected chi connectivity index (χ2v) is 6.12. The average molecular weight is 407 g/mol. The van der Waals surface area contributed by atoms with Gasteiger partial charge in [-0.3, -0.25) is 20.2 Å². The Morgan fingerprint density at radius 2 is 2.16 bits per heavy atom. The van der Waals surface area contributed by atoms with Gasteiger partial charge in [-0.1, -0.05) is 15.9 Å². The number of nitro groups is 1. The second kappa shape index (κ2) is 5.76. The minimum atomic E-state index is -0.553. The van der Waals surface area contributed by atoms with Crippen molar-refractivity contribution in [1.82, 2.24) is 4.98 Å². The minimum absolute atomic E-state index is 0.120. The maximum Gasteiger partial charge on any atom is 0.345 e. The SMILES string of the molecule is O=C(Nc1ncc([N+](=O)[O-])s1)c1ccc(Br)cc1Br. The van der Waals surface area contributed by atoms with E-state index in [1.54, 1.807) is 18.2 Å². The number of hydrogen-bond donors (Lipinski definition) is 1. The van der Waals surface area contributed by atoms with Crippen molar-refractivity contribution < 1.29 is 9.72 Å². The van der Waals surface area contributed by atoms with E-state index in [9.17, 15) is 14.9 Å². The number of thiazole rings is 1. The van der Waals surface area contributed by atoms with E-state index in [-0.39, 0.29) is 16.0 Å². The van der Waals surface area contributed by atoms with E-state index in [4.69, 9.17) is 0 Å². The summed E-state index contributed by atoms with van der Waals surface area (Å²) in [6.07, 6.45) is 1.11. The lowest BCUT2D eigenvalue weighted by molar-refractivity contribution is -0.380. The maximum atomic E-state index is 12.0. The van der Waals surface area contributed by atoms with Crippen molar-refractivity contribution in [2.75, 3.05) is 5.32 Å². The molecule has 1 N–H and O–H groups in total. The lowest BCUT2D eigenvalue weighted by Crippen LogP contribution is -2.12. The highest BCUT2D eigenvalue weighted by atomic mass is 79.9. The molecule has 0 bridgehead atoms. The van der Waals surface area contributed by atoms with Gasteiger partial charge in [-0.25, -0.2) is 4.98 Å². The van der Waals surface area contributed by atoms with E-state index in [1.807, 2.05) is 0 Å². The smallest absolute Gasteiger partial charge is 0.298 e. The molecule has 1 amide bonds. The Kier molecular flexibility index (Phi) is 4.27. The first-order valence-corrected chi connectivity index (χ1v) is 7.24. The van der Waals surface area contributed by atoms with Crippen LogP contribution in [0.2, 0.25) is 0 Å². The number of amides is 1. The average Bonchev–Trinajstić information content (AvgIpc) is 2.77. The van der Waals surface area contributed by atoms with Gasteiger partial charge in [0.15, 0.2) is 5.13 Å². The first-order chi connectivity index (χ1) is 8.97. The summed E-state index contributed by atoms with van der Waals surface area (Å²) in [6, 6.07) is 5.09. The van der Waals surface area contributed by atoms with Crippen molar-refractivity contribution in [2.24, 2.45) is 0 Å². The van der Waals surface area contributed by atoms with Crippen LogP contribution < -0.4 is 5.32 Å². The van der Waals surface area contributed by atoms with Crippen molar-refractivity contribution >= 4 is 59.2 Å². The molecule has 0 saturated carbocycles. The van der Waals surface area contributed by atoms with Crippen molar-refractivity contribution in [3.63, 3.8) is 0 Å². The molecule has 9 heteroatoms. The third-order valence-corrected chi connectivity index (χ3v) is 4.08. The van der Waals surface area contributed by atoms with Gasteiger partial charge in [-0.05, 0) is 45.5 Å². The summed E-state index contributed by atoms with van der Waals surface area (Å²) >= 11 is 7.36. The van der Waals surface area contributed by atoms with Crippen LogP contribution in [0.4, 0.5) is 10.1 Å². The van der Waals surface area contributed by atoms with E-state index < -0.39 is 4.92 Å². The molecule has 6 nitrogen and oxygen atoms in total. The summed E-state index contributed by atoms with van der Waals surface area (Å²) < 4.78 is 1.45. The molecular weight excluding hydrogens is 402 g/mol. The summed E-state index contributed by atoms with van der Waals surface area (Å²) in [7, 11) is 0. The van der Waals surface area contributed by atoms with Crippen molar-refractivity contribution in [3.8, 4) is 0 Å². The van der Waals surface area contributed by atoms with E-state index >= 15 is 0 Å². The number of carbonyl (C=O) groups excluding carboxylic acids is 1. The number of nitrogens with zero attached hydrogens (tertiary/aromatic N) is 2. The van der Waals surface area contributed by atoms with Gasteiger partial charge in [-0.15, -0.1) is 0 Å². The van der Waals surface area contributed by atoms with Crippen LogP contribution in [0.3, 0.4) is 0 Å². The molecule has 0 radical (unpaired) electrons. The molecule has 2 rings (SSSR count). The molecule has 19 heavy (non-hydrogen) atoms. The summed E-state index contributed by atoms with van der Waals surface area (Å²) in [6.45, 7) is 0. The number of nitrogens with one attached hydrogen (secondary N) is 1. The summed E-state index contributed by atoms with van der Waals surface area (Å²) in [5, 5.41) is 13.1. The van der Waals surface area contributed by atoms with Crippen LogP contribution in [-0.2, 0) is 0 Å². The van der Waals surface area contributed by atoms with Crippen molar-refractivity contribution in [3.05, 3.63) is 49.0 Å². The Balaban J connectivity index is 2.18. The highest BCUT2D eigenvalue weighted by Crippen LogP contribution is 2.27. The number of benzene rings is 1. The van der Waals surface area contributed by atoms with Crippen LogP contribution in [0.15, 0.2) is 33.3 Å². The van der Waals surface area contributed by atoms with Crippen LogP contribution in [0.5, 0.6) is 0 Å². The number of carbonyl (C=O) groups is 1. The van der Waals surface area contributed by atoms with Crippen molar-refractivity contribution in [2.45, 2.75) is 0 Å². The monoisotopic (exact) mass is 405 g/mol. The minimum Gasteiger partial charge on any atom is -0.298 e. The molecule has 1 aromatic carbocycles. The Labute approximate surface area is 128 Å². The molecule has 0 fully saturated rings. The zero-order valence-electron chi connectivity index (χ0n) is 9.09. The number of hydrogen-bond acceptors (Lipinski definition) is 5. The summed E-state index contributed by atoms with van der Waals surface area (Å²) in [5.41, 5.74) is 0.418. The number of aromatic nitrogens is 1. The molecule has 2 aromatic rings. The molecule has 0 aliphatic heterocycles. The molecule has 1 heterocycles. The first-order valence-electron chi connectivity index (χ1n) is 4.84. The Morgan fingerprint density at radius 1 is 1.42 bits per heavy atom. The molecule has 0 atom stereocenters. The van der Waals surface area contributed by atoms with Gasteiger partial charge in [0.25, 0.3) is 5.91 Å². The quantitative estimate of drug-likeness (QED) is 0.619. The standard InChI is InChI=1S/C10H5Br2N3O3S/c11-5-1-2-6(7(12)3-5)9(16)14-10-13-4-8(19-10)15(17)18/h1-4H,(H,13,14,16). The van der Waals surface area contributed by atoms with Crippen LogP contribution in [0.1, 0.15) is 10.4 Å². The van der Waals surface area contributed by atoms with Gasteiger partial charge in [0.2, 0.25) is 0 Å². The predicted octanol–water partition coefficient (Wildman–Crippen LogP) is 3.83. The molecular formula is C10H5Br2N3O3S. The van der Waals surface area contributed by atoms with E-state index in [2.05, 4.69) is 42.2 Å². The van der Waals surface area contributed by atoms with Gasteiger partial charge < -0.3 is 0 Å². The third-order valence-electron chi connectivity index (χ3n) is 2.07. The highest BCUT2D eigenvalue weighted by molar-refractivity contribution is 9.11. The van der Waals surface area contributed by atoms with Gasteiger partial charge in [-0.2, -0.15) is 0 Å². The zero-order chi connectivity index (χ0) is 14.0. The Hall–Kier alpha value is -1.32. The molecule has 0 aliphatic carbocycles. The fourth-order valence-electron chi connectivity index (χ4n) is 1.25. The fraction of sp³-hybridized carbons (Fsp3) is 0. The van der Waals surface area contributed by atoms with E-state index in [1.165, 1.54) is 0 Å². The Morgan fingerprint density at radius 3 is 2.74 bits per heavy atom. The van der Waals surface area contributed by atoms with Crippen LogP contribution >= 0.6 is 43.2 Å². The third kappa shape index (κ3) is 3.37. The zero-order valence-corrected chi connectivity index (χ0v) is 13.1. The molecule has 0 saturated heterocycles. The highest BCUT2D eigenvalue weighted by Gasteiger charge is 2.15. The van der Waals surface area contributed by atoms with Crippen LogP contribution in [-0.4, -0.2) is 15.8 Å². The molecule has 98 valence electrons. The fourth-order valence-corrected chi connectivity index (χ4v) is 3.10. The molecule has 0 spiro atoms. The van der Waals surface area contributed by atoms with Gasteiger partial charge >= 0.3 is 5.00 Å². The lowest BCUT2D eigenvalue weighted by atomic mass is 10.2. The predicted molar refractivity (Wildman–Crippen MR) is 78.6 cm³/mol. The van der Waals surface area contributed by atoms with E-state index in [0.717, 1.165) is 22.0 Å². The normalized spacial score (nSPS) is 10.2. The largest absolute Gasteiger partial charge is 0.345 e. The van der Waals surface area contributed by atoms with Gasteiger partial charge in [0, 0.05) is 8.95 Å². The summed E-state index contributed by atoms with van der Waals surface area (Å²) in [4.78, 5) is 25.7. The van der Waals surface area contributed by atoms with Gasteiger partial charge in [0.05, 0.1) is 10.5 Å².